The Hall–Kier alpha value is -1.87. The molecule has 0 saturated carbocycles. The molecule has 3 rings (SSSR count). The summed E-state index contributed by atoms with van der Waals surface area (Å²) >= 11 is 0. The predicted molar refractivity (Wildman–Crippen MR) is 76.8 cm³/mol. The monoisotopic (exact) mass is 254 g/mol. The topological polar surface area (TPSA) is 41.1 Å². The van der Waals surface area contributed by atoms with Crippen LogP contribution in [0.15, 0.2) is 42.5 Å². The van der Waals surface area contributed by atoms with E-state index in [0.717, 1.165) is 6.42 Å². The lowest BCUT2D eigenvalue weighted by Crippen LogP contribution is -2.44. The lowest BCUT2D eigenvalue weighted by molar-refractivity contribution is -0.120. The van der Waals surface area contributed by atoms with Crippen molar-refractivity contribution in [2.75, 3.05) is 0 Å². The molecule has 1 amide bonds. The van der Waals surface area contributed by atoms with Crippen molar-refractivity contribution >= 4 is 16.7 Å². The van der Waals surface area contributed by atoms with Gasteiger partial charge < -0.3 is 5.32 Å². The van der Waals surface area contributed by atoms with Gasteiger partial charge in [-0.3, -0.25) is 10.1 Å². The number of benzene rings is 2. The van der Waals surface area contributed by atoms with E-state index in [1.807, 2.05) is 26.0 Å². The Morgan fingerprint density at radius 3 is 2.53 bits per heavy atom. The molecule has 0 spiro atoms. The van der Waals surface area contributed by atoms with E-state index in [-0.39, 0.29) is 17.6 Å². The van der Waals surface area contributed by atoms with Crippen LogP contribution in [0, 0.1) is 0 Å². The Balaban J connectivity index is 1.84. The molecule has 1 aliphatic rings. The quantitative estimate of drug-likeness (QED) is 0.862. The van der Waals surface area contributed by atoms with Crippen LogP contribution in [0.2, 0.25) is 0 Å². The van der Waals surface area contributed by atoms with Gasteiger partial charge in [0.1, 0.15) is 0 Å². The fourth-order valence-corrected chi connectivity index (χ4v) is 2.68. The third-order valence-corrected chi connectivity index (χ3v) is 3.54. The Kier molecular flexibility index (Phi) is 2.79. The van der Waals surface area contributed by atoms with Gasteiger partial charge in [0.2, 0.25) is 5.91 Å². The van der Waals surface area contributed by atoms with Gasteiger partial charge in [-0.1, -0.05) is 42.5 Å². The van der Waals surface area contributed by atoms with E-state index >= 15 is 0 Å². The molecule has 2 aromatic carbocycles. The van der Waals surface area contributed by atoms with Crippen molar-refractivity contribution < 1.29 is 4.79 Å². The second-order valence-electron chi connectivity index (χ2n) is 5.70. The van der Waals surface area contributed by atoms with Gasteiger partial charge in [0.05, 0.1) is 11.7 Å². The van der Waals surface area contributed by atoms with E-state index < -0.39 is 0 Å². The van der Waals surface area contributed by atoms with Gasteiger partial charge in [0.25, 0.3) is 0 Å². The first-order chi connectivity index (χ1) is 9.03. The SMILES string of the molecule is CC1(C)NC(=O)[C@H](Cc2ccc3ccccc3c2)N1. The van der Waals surface area contributed by atoms with Crippen LogP contribution in [0.4, 0.5) is 0 Å². The number of carbonyl (C=O) groups is 1. The number of hydrogen-bond acceptors (Lipinski definition) is 2. The Morgan fingerprint density at radius 1 is 1.11 bits per heavy atom. The van der Waals surface area contributed by atoms with Gasteiger partial charge >= 0.3 is 0 Å². The Morgan fingerprint density at radius 2 is 1.84 bits per heavy atom. The normalized spacial score (nSPS) is 21.6. The molecule has 1 heterocycles. The van der Waals surface area contributed by atoms with Crippen molar-refractivity contribution in [3.63, 3.8) is 0 Å². The summed E-state index contributed by atoms with van der Waals surface area (Å²) in [6, 6.07) is 14.5. The van der Waals surface area contributed by atoms with Crippen molar-refractivity contribution in [1.29, 1.82) is 0 Å². The molecule has 1 aliphatic heterocycles. The van der Waals surface area contributed by atoms with Gasteiger partial charge in [0.15, 0.2) is 0 Å². The fraction of sp³-hybridized carbons (Fsp3) is 0.312. The highest BCUT2D eigenvalue weighted by Gasteiger charge is 2.36. The molecule has 2 N–H and O–H groups in total. The first kappa shape index (κ1) is 12.2. The van der Waals surface area contributed by atoms with Crippen LogP contribution < -0.4 is 10.6 Å². The molecule has 1 saturated heterocycles. The van der Waals surface area contributed by atoms with E-state index in [1.54, 1.807) is 0 Å². The summed E-state index contributed by atoms with van der Waals surface area (Å²) in [5.41, 5.74) is 0.877. The van der Waals surface area contributed by atoms with Crippen LogP contribution in [0.25, 0.3) is 10.8 Å². The Labute approximate surface area is 113 Å². The highest BCUT2D eigenvalue weighted by atomic mass is 16.2. The highest BCUT2D eigenvalue weighted by Crippen LogP contribution is 2.18. The molecule has 0 aromatic heterocycles. The van der Waals surface area contributed by atoms with Crippen LogP contribution in [-0.4, -0.2) is 17.6 Å². The number of rotatable bonds is 2. The molecule has 0 bridgehead atoms. The smallest absolute Gasteiger partial charge is 0.238 e. The fourth-order valence-electron chi connectivity index (χ4n) is 2.68. The van der Waals surface area contributed by atoms with Gasteiger partial charge in [-0.05, 0) is 36.6 Å². The van der Waals surface area contributed by atoms with E-state index in [4.69, 9.17) is 0 Å². The summed E-state index contributed by atoms with van der Waals surface area (Å²) in [4.78, 5) is 11.9. The third-order valence-electron chi connectivity index (χ3n) is 3.54. The highest BCUT2D eigenvalue weighted by molar-refractivity contribution is 5.86. The summed E-state index contributed by atoms with van der Waals surface area (Å²) in [7, 11) is 0. The molecule has 19 heavy (non-hydrogen) atoms. The van der Waals surface area contributed by atoms with Crippen molar-refractivity contribution in [2.24, 2.45) is 0 Å². The summed E-state index contributed by atoms with van der Waals surface area (Å²) in [6.45, 7) is 3.95. The molecule has 1 atom stereocenters. The molecule has 3 nitrogen and oxygen atoms in total. The van der Waals surface area contributed by atoms with Gasteiger partial charge in [-0.2, -0.15) is 0 Å². The second kappa shape index (κ2) is 4.35. The largest absolute Gasteiger partial charge is 0.337 e. The standard InChI is InChI=1S/C16H18N2O/c1-16(2)17-14(15(19)18-16)10-11-7-8-12-5-3-4-6-13(12)9-11/h3-9,14,17H,10H2,1-2H3,(H,18,19)/t14-/m0/s1. The molecule has 0 aliphatic carbocycles. The maximum atomic E-state index is 11.9. The van der Waals surface area contributed by atoms with Crippen molar-refractivity contribution in [2.45, 2.75) is 32.0 Å². The van der Waals surface area contributed by atoms with Crippen LogP contribution in [-0.2, 0) is 11.2 Å². The molecule has 3 heteroatoms. The first-order valence-electron chi connectivity index (χ1n) is 6.61. The number of amides is 1. The van der Waals surface area contributed by atoms with Crippen molar-refractivity contribution in [3.05, 3.63) is 48.0 Å². The summed E-state index contributed by atoms with van der Waals surface area (Å²) < 4.78 is 0. The van der Waals surface area contributed by atoms with Gasteiger partial charge in [-0.25, -0.2) is 0 Å². The van der Waals surface area contributed by atoms with Gasteiger partial charge in [0, 0.05) is 0 Å². The lowest BCUT2D eigenvalue weighted by Gasteiger charge is -2.18. The molecule has 2 aromatic rings. The number of hydrogen-bond donors (Lipinski definition) is 2. The van der Waals surface area contributed by atoms with E-state index in [9.17, 15) is 4.79 Å². The molecule has 0 unspecified atom stereocenters. The minimum Gasteiger partial charge on any atom is -0.337 e. The van der Waals surface area contributed by atoms with Crippen molar-refractivity contribution in [3.8, 4) is 0 Å². The van der Waals surface area contributed by atoms with E-state index in [0.29, 0.717) is 0 Å². The minimum atomic E-state index is -0.307. The van der Waals surface area contributed by atoms with Crippen molar-refractivity contribution in [1.82, 2.24) is 10.6 Å². The zero-order valence-electron chi connectivity index (χ0n) is 11.2. The third kappa shape index (κ3) is 2.47. The van der Waals surface area contributed by atoms with Crippen LogP contribution in [0.3, 0.4) is 0 Å². The molecule has 98 valence electrons. The number of carbonyl (C=O) groups excluding carboxylic acids is 1. The molecule has 1 fully saturated rings. The zero-order valence-corrected chi connectivity index (χ0v) is 11.2. The summed E-state index contributed by atoms with van der Waals surface area (Å²) in [5.74, 6) is 0.0816. The van der Waals surface area contributed by atoms with Crippen LogP contribution in [0.1, 0.15) is 19.4 Å². The van der Waals surface area contributed by atoms with E-state index in [1.165, 1.54) is 16.3 Å². The minimum absolute atomic E-state index is 0.0816. The number of nitrogens with one attached hydrogen (secondary N) is 2. The van der Waals surface area contributed by atoms with E-state index in [2.05, 4.69) is 41.0 Å². The van der Waals surface area contributed by atoms with Crippen LogP contribution >= 0.6 is 0 Å². The molecular formula is C16H18N2O. The van der Waals surface area contributed by atoms with Gasteiger partial charge in [-0.15, -0.1) is 0 Å². The van der Waals surface area contributed by atoms with Crippen LogP contribution in [0.5, 0.6) is 0 Å². The molecular weight excluding hydrogens is 236 g/mol. The second-order valence-corrected chi connectivity index (χ2v) is 5.70. The first-order valence-corrected chi connectivity index (χ1v) is 6.61. The molecule has 0 radical (unpaired) electrons. The average molecular weight is 254 g/mol. The summed E-state index contributed by atoms with van der Waals surface area (Å²) in [6.07, 6.45) is 0.722. The number of fused-ring (bicyclic) bond motifs is 1. The maximum Gasteiger partial charge on any atom is 0.238 e. The Bertz CT molecular complexity index is 633. The maximum absolute atomic E-state index is 11.9. The lowest BCUT2D eigenvalue weighted by atomic mass is 10.0. The average Bonchev–Trinajstić information content (AvgIpc) is 2.62. The predicted octanol–water partition coefficient (Wildman–Crippen LogP) is 2.21. The summed E-state index contributed by atoms with van der Waals surface area (Å²) in [5, 5.41) is 8.72. The zero-order chi connectivity index (χ0) is 13.5.